The van der Waals surface area contributed by atoms with Crippen molar-refractivity contribution in [3.8, 4) is 0 Å². The van der Waals surface area contributed by atoms with E-state index < -0.39 is 0 Å². The average molecular weight is 345 g/mol. The van der Waals surface area contributed by atoms with Crippen LogP contribution in [0, 0.1) is 5.92 Å². The molecule has 1 spiro atoms. The van der Waals surface area contributed by atoms with Gasteiger partial charge in [0, 0.05) is 24.2 Å². The number of hydrogen-bond donors (Lipinski definition) is 0. The van der Waals surface area contributed by atoms with Crippen LogP contribution in [0.4, 0.5) is 5.69 Å². The lowest BCUT2D eigenvalue weighted by Gasteiger charge is -2.21. The summed E-state index contributed by atoms with van der Waals surface area (Å²) >= 11 is 0. The number of hydrogen-bond acceptors (Lipinski definition) is 2. The van der Waals surface area contributed by atoms with E-state index in [1.807, 2.05) is 0 Å². The molecule has 1 aliphatic heterocycles. The molecule has 26 heavy (non-hydrogen) atoms. The van der Waals surface area contributed by atoms with Crippen LogP contribution in [-0.2, 0) is 18.5 Å². The van der Waals surface area contributed by atoms with E-state index in [1.54, 1.807) is 5.56 Å². The molecule has 2 aromatic carbocycles. The van der Waals surface area contributed by atoms with Gasteiger partial charge in [-0.1, -0.05) is 44.2 Å². The minimum atomic E-state index is 0.436. The lowest BCUT2D eigenvalue weighted by Crippen LogP contribution is -2.25. The normalized spacial score (nSPS) is 17.4. The molecule has 0 saturated heterocycles. The smallest absolute Gasteiger partial charge is 0.129 e. The molecule has 1 saturated carbocycles. The lowest BCUT2D eigenvalue weighted by molar-refractivity contribution is 0.509. The van der Waals surface area contributed by atoms with Crippen molar-refractivity contribution < 1.29 is 0 Å². The fraction of sp³-hybridized carbons (Fsp3) is 0.435. The fourth-order valence-electron chi connectivity index (χ4n) is 4.51. The van der Waals surface area contributed by atoms with E-state index >= 15 is 0 Å². The summed E-state index contributed by atoms with van der Waals surface area (Å²) in [4.78, 5) is 7.58. The molecule has 0 amide bonds. The van der Waals surface area contributed by atoms with Crippen LogP contribution in [0.5, 0.6) is 0 Å². The van der Waals surface area contributed by atoms with Gasteiger partial charge in [0.15, 0.2) is 0 Å². The van der Waals surface area contributed by atoms with Gasteiger partial charge < -0.3 is 9.47 Å². The van der Waals surface area contributed by atoms with Gasteiger partial charge in [-0.3, -0.25) is 0 Å². The second kappa shape index (κ2) is 5.87. The van der Waals surface area contributed by atoms with Crippen LogP contribution in [-0.4, -0.2) is 16.1 Å². The molecule has 3 aromatic rings. The summed E-state index contributed by atoms with van der Waals surface area (Å²) in [5, 5.41) is 0. The molecule has 1 fully saturated rings. The number of benzene rings is 2. The van der Waals surface area contributed by atoms with Crippen molar-refractivity contribution in [1.29, 1.82) is 0 Å². The molecule has 1 aromatic heterocycles. The van der Waals surface area contributed by atoms with Crippen molar-refractivity contribution >= 4 is 16.7 Å². The van der Waals surface area contributed by atoms with Crippen LogP contribution in [0.25, 0.3) is 11.0 Å². The Balaban J connectivity index is 1.51. The summed E-state index contributed by atoms with van der Waals surface area (Å²) in [6.07, 6.45) is 3.86. The zero-order chi connectivity index (χ0) is 17.7. The maximum Gasteiger partial charge on any atom is 0.129 e. The van der Waals surface area contributed by atoms with Crippen LogP contribution in [0.15, 0.2) is 48.5 Å². The number of imidazole rings is 1. The molecule has 0 radical (unpaired) electrons. The van der Waals surface area contributed by atoms with E-state index in [1.165, 1.54) is 36.3 Å². The molecular formula is C23H27N3. The first-order valence-corrected chi connectivity index (χ1v) is 9.95. The van der Waals surface area contributed by atoms with Crippen LogP contribution in [0.2, 0.25) is 0 Å². The Bertz CT molecular complexity index is 949. The van der Waals surface area contributed by atoms with E-state index in [4.69, 9.17) is 4.98 Å². The van der Waals surface area contributed by atoms with Crippen LogP contribution >= 0.6 is 0 Å². The highest BCUT2D eigenvalue weighted by molar-refractivity contribution is 5.76. The zero-order valence-corrected chi connectivity index (χ0v) is 15.8. The fourth-order valence-corrected chi connectivity index (χ4v) is 4.51. The molecule has 1 aliphatic carbocycles. The Hall–Kier alpha value is -2.29. The van der Waals surface area contributed by atoms with Gasteiger partial charge in [0.1, 0.15) is 5.82 Å². The van der Waals surface area contributed by atoms with Gasteiger partial charge in [-0.05, 0) is 48.9 Å². The van der Waals surface area contributed by atoms with Gasteiger partial charge in [-0.2, -0.15) is 0 Å². The summed E-state index contributed by atoms with van der Waals surface area (Å²) in [6.45, 7) is 7.71. The summed E-state index contributed by atoms with van der Waals surface area (Å²) in [7, 11) is 0. The number of fused-ring (bicyclic) bond motifs is 3. The number of rotatable bonds is 5. The van der Waals surface area contributed by atoms with Gasteiger partial charge in [0.2, 0.25) is 0 Å². The Morgan fingerprint density at radius 1 is 1.04 bits per heavy atom. The molecule has 2 heterocycles. The average Bonchev–Trinajstić information content (AvgIpc) is 3.24. The van der Waals surface area contributed by atoms with Gasteiger partial charge >= 0.3 is 0 Å². The molecule has 134 valence electrons. The minimum absolute atomic E-state index is 0.436. The van der Waals surface area contributed by atoms with E-state index in [9.17, 15) is 0 Å². The maximum absolute atomic E-state index is 5.02. The standard InChI is InChI=1S/C23H27N3/c1-17(2)11-14-26-21-10-6-4-8-19(21)24-22(26)15-25-16-23(12-13-23)18-7-3-5-9-20(18)25/h3-10,17H,11-16H2,1-2H3. The first kappa shape index (κ1) is 15.9. The molecule has 0 atom stereocenters. The number of aromatic nitrogens is 2. The monoisotopic (exact) mass is 345 g/mol. The van der Waals surface area contributed by atoms with Crippen molar-refractivity contribution in [3.63, 3.8) is 0 Å². The van der Waals surface area contributed by atoms with Crippen LogP contribution in [0.3, 0.4) is 0 Å². The highest BCUT2D eigenvalue weighted by Crippen LogP contribution is 2.56. The van der Waals surface area contributed by atoms with E-state index in [-0.39, 0.29) is 0 Å². The van der Waals surface area contributed by atoms with Crippen LogP contribution in [0.1, 0.15) is 44.5 Å². The van der Waals surface area contributed by atoms with Crippen molar-refractivity contribution in [1.82, 2.24) is 9.55 Å². The first-order valence-electron chi connectivity index (χ1n) is 9.95. The Morgan fingerprint density at radius 3 is 2.62 bits per heavy atom. The third kappa shape index (κ3) is 2.53. The molecule has 0 unspecified atom stereocenters. The van der Waals surface area contributed by atoms with E-state index in [0.29, 0.717) is 11.3 Å². The third-order valence-corrected chi connectivity index (χ3v) is 6.16. The zero-order valence-electron chi connectivity index (χ0n) is 15.8. The number of para-hydroxylation sites is 3. The number of nitrogens with zero attached hydrogens (tertiary/aromatic N) is 3. The quantitative estimate of drug-likeness (QED) is 0.639. The van der Waals surface area contributed by atoms with Gasteiger partial charge in [-0.15, -0.1) is 0 Å². The van der Waals surface area contributed by atoms with Crippen molar-refractivity contribution in [2.75, 3.05) is 11.4 Å². The predicted molar refractivity (Wildman–Crippen MR) is 108 cm³/mol. The Labute approximate surface area is 155 Å². The molecular weight excluding hydrogens is 318 g/mol. The maximum atomic E-state index is 5.02. The summed E-state index contributed by atoms with van der Waals surface area (Å²) in [6, 6.07) is 17.6. The predicted octanol–water partition coefficient (Wildman–Crippen LogP) is 5.13. The van der Waals surface area contributed by atoms with Crippen molar-refractivity contribution in [2.24, 2.45) is 5.92 Å². The molecule has 5 rings (SSSR count). The molecule has 2 aliphatic rings. The SMILES string of the molecule is CC(C)CCn1c(CN2CC3(CC3)c3ccccc32)nc2ccccc21. The highest BCUT2D eigenvalue weighted by atomic mass is 15.2. The van der Waals surface area contributed by atoms with Crippen LogP contribution < -0.4 is 4.90 Å². The van der Waals surface area contributed by atoms with Crippen molar-refractivity contribution in [2.45, 2.75) is 51.6 Å². The summed E-state index contributed by atoms with van der Waals surface area (Å²) in [5.41, 5.74) is 5.82. The van der Waals surface area contributed by atoms with E-state index in [2.05, 4.69) is 71.8 Å². The Morgan fingerprint density at radius 2 is 1.81 bits per heavy atom. The van der Waals surface area contributed by atoms with Crippen molar-refractivity contribution in [3.05, 3.63) is 59.9 Å². The largest absolute Gasteiger partial charge is 0.363 e. The molecule has 3 heteroatoms. The minimum Gasteiger partial charge on any atom is -0.363 e. The van der Waals surface area contributed by atoms with Gasteiger partial charge in [-0.25, -0.2) is 4.98 Å². The Kier molecular flexibility index (Phi) is 3.59. The second-order valence-electron chi connectivity index (χ2n) is 8.50. The van der Waals surface area contributed by atoms with E-state index in [0.717, 1.165) is 25.2 Å². The van der Waals surface area contributed by atoms with Gasteiger partial charge in [0.05, 0.1) is 17.6 Å². The molecule has 0 N–H and O–H groups in total. The molecule has 0 bridgehead atoms. The topological polar surface area (TPSA) is 21.1 Å². The lowest BCUT2D eigenvalue weighted by atomic mass is 9.99. The summed E-state index contributed by atoms with van der Waals surface area (Å²) in [5.74, 6) is 1.91. The number of anilines is 1. The summed E-state index contributed by atoms with van der Waals surface area (Å²) < 4.78 is 2.45. The first-order chi connectivity index (χ1) is 12.7. The number of aryl methyl sites for hydroxylation is 1. The third-order valence-electron chi connectivity index (χ3n) is 6.16. The molecule has 3 nitrogen and oxygen atoms in total. The second-order valence-corrected chi connectivity index (χ2v) is 8.50. The highest BCUT2D eigenvalue weighted by Gasteiger charge is 2.51. The van der Waals surface area contributed by atoms with Gasteiger partial charge in [0.25, 0.3) is 0 Å².